The van der Waals surface area contributed by atoms with Crippen molar-refractivity contribution in [2.24, 2.45) is 5.92 Å². The predicted molar refractivity (Wildman–Crippen MR) is 82.9 cm³/mol. The van der Waals surface area contributed by atoms with Crippen molar-refractivity contribution in [3.63, 3.8) is 0 Å². The summed E-state index contributed by atoms with van der Waals surface area (Å²) in [6.45, 7) is 5.92. The third kappa shape index (κ3) is 2.22. The summed E-state index contributed by atoms with van der Waals surface area (Å²) in [5, 5.41) is 7.35. The summed E-state index contributed by atoms with van der Waals surface area (Å²) < 4.78 is 0. The van der Waals surface area contributed by atoms with Crippen molar-refractivity contribution in [3.05, 3.63) is 16.6 Å². The van der Waals surface area contributed by atoms with Crippen LogP contribution in [0.1, 0.15) is 50.5 Å². The Bertz CT molecular complexity index is 462. The van der Waals surface area contributed by atoms with E-state index in [1.807, 2.05) is 17.5 Å². The van der Waals surface area contributed by atoms with Crippen LogP contribution < -0.4 is 5.32 Å². The normalized spacial score (nSPS) is 33.9. The van der Waals surface area contributed by atoms with E-state index in [4.69, 9.17) is 0 Å². The molecule has 2 saturated carbocycles. The highest BCUT2D eigenvalue weighted by atomic mass is 32.1. The molecule has 3 fully saturated rings. The Morgan fingerprint density at radius 3 is 2.85 bits per heavy atom. The molecule has 1 aliphatic heterocycles. The van der Waals surface area contributed by atoms with Gasteiger partial charge < -0.3 is 5.32 Å². The molecule has 1 spiro atoms. The number of nitrogens with zero attached hydrogens (tertiary/aromatic N) is 2. The van der Waals surface area contributed by atoms with Gasteiger partial charge in [-0.15, -0.1) is 11.3 Å². The van der Waals surface area contributed by atoms with Crippen molar-refractivity contribution in [1.29, 1.82) is 0 Å². The summed E-state index contributed by atoms with van der Waals surface area (Å²) in [7, 11) is 0. The minimum atomic E-state index is 0.347. The van der Waals surface area contributed by atoms with E-state index in [1.54, 1.807) is 0 Å². The van der Waals surface area contributed by atoms with E-state index in [9.17, 15) is 0 Å². The molecule has 0 radical (unpaired) electrons. The fourth-order valence-electron chi connectivity index (χ4n) is 4.31. The number of thiazole rings is 1. The number of aromatic nitrogens is 1. The zero-order valence-corrected chi connectivity index (χ0v) is 13.2. The van der Waals surface area contributed by atoms with E-state index < -0.39 is 0 Å². The zero-order chi connectivity index (χ0) is 13.6. The second-order valence-electron chi connectivity index (χ2n) is 7.25. The van der Waals surface area contributed by atoms with Crippen LogP contribution in [0.4, 0.5) is 0 Å². The first-order valence-electron chi connectivity index (χ1n) is 8.09. The molecule has 110 valence electrons. The molecule has 1 N–H and O–H groups in total. The molecular formula is C16H25N3S. The number of hydrogen-bond donors (Lipinski definition) is 1. The number of hydrogen-bond acceptors (Lipinski definition) is 4. The highest BCUT2D eigenvalue weighted by molar-refractivity contribution is 7.09. The van der Waals surface area contributed by atoms with Gasteiger partial charge in [-0.3, -0.25) is 4.90 Å². The molecule has 0 bridgehead atoms. The highest BCUT2D eigenvalue weighted by Gasteiger charge is 2.52. The molecule has 20 heavy (non-hydrogen) atoms. The first-order chi connectivity index (χ1) is 9.70. The molecule has 1 aromatic heterocycles. The van der Waals surface area contributed by atoms with E-state index in [1.165, 1.54) is 56.6 Å². The van der Waals surface area contributed by atoms with Crippen molar-refractivity contribution in [2.45, 2.75) is 63.1 Å². The molecule has 1 aromatic rings. The molecular weight excluding hydrogens is 266 g/mol. The molecule has 3 aliphatic rings. The smallest absolute Gasteiger partial charge is 0.107 e. The lowest BCUT2D eigenvalue weighted by molar-refractivity contribution is -0.00384. The number of nitrogens with one attached hydrogen (secondary N) is 1. The lowest BCUT2D eigenvalue weighted by atomic mass is 9.83. The van der Waals surface area contributed by atoms with Gasteiger partial charge in [0, 0.05) is 35.7 Å². The predicted octanol–water partition coefficient (Wildman–Crippen LogP) is 3.03. The molecule has 4 heteroatoms. The fraction of sp³-hybridized carbons (Fsp3) is 0.812. The topological polar surface area (TPSA) is 28.2 Å². The Kier molecular flexibility index (Phi) is 3.17. The van der Waals surface area contributed by atoms with Crippen molar-refractivity contribution in [1.82, 2.24) is 15.2 Å². The van der Waals surface area contributed by atoms with E-state index >= 15 is 0 Å². The van der Waals surface area contributed by atoms with E-state index in [0.717, 1.165) is 12.5 Å². The summed E-state index contributed by atoms with van der Waals surface area (Å²) >= 11 is 1.81. The van der Waals surface area contributed by atoms with Crippen LogP contribution in [-0.2, 0) is 6.54 Å². The monoisotopic (exact) mass is 291 g/mol. The van der Waals surface area contributed by atoms with Gasteiger partial charge in [0.05, 0.1) is 6.54 Å². The van der Waals surface area contributed by atoms with E-state index in [-0.39, 0.29) is 0 Å². The number of rotatable bonds is 3. The maximum absolute atomic E-state index is 4.53. The minimum absolute atomic E-state index is 0.347. The Labute approximate surface area is 125 Å². The Morgan fingerprint density at radius 1 is 1.40 bits per heavy atom. The maximum atomic E-state index is 4.53. The zero-order valence-electron chi connectivity index (χ0n) is 12.4. The standard InChI is InChI=1S/C16H25N3S/c1-15(13-4-5-13)11-18-16(6-2-3-7-16)12-19(15)10-14-17-8-9-20-14/h8-9,13,18H,2-7,10-12H2,1H3. The van der Waals surface area contributed by atoms with Gasteiger partial charge >= 0.3 is 0 Å². The largest absolute Gasteiger partial charge is 0.308 e. The molecule has 1 atom stereocenters. The van der Waals surface area contributed by atoms with Gasteiger partial charge in [-0.1, -0.05) is 12.8 Å². The van der Waals surface area contributed by atoms with E-state index in [0.29, 0.717) is 11.1 Å². The summed E-state index contributed by atoms with van der Waals surface area (Å²) in [6.07, 6.45) is 10.3. The third-order valence-corrected chi connectivity index (χ3v) is 6.63. The maximum Gasteiger partial charge on any atom is 0.107 e. The SMILES string of the molecule is CC1(C2CC2)CNC2(CCCC2)CN1Cc1nccs1. The van der Waals surface area contributed by atoms with Crippen molar-refractivity contribution < 1.29 is 0 Å². The Morgan fingerprint density at radius 2 is 2.20 bits per heavy atom. The van der Waals surface area contributed by atoms with Gasteiger partial charge in [-0.2, -0.15) is 0 Å². The molecule has 4 rings (SSSR count). The first-order valence-corrected chi connectivity index (χ1v) is 8.97. The molecule has 3 nitrogen and oxygen atoms in total. The second-order valence-corrected chi connectivity index (χ2v) is 8.23. The lowest BCUT2D eigenvalue weighted by Crippen LogP contribution is -2.68. The average molecular weight is 291 g/mol. The number of piperazine rings is 1. The minimum Gasteiger partial charge on any atom is -0.308 e. The van der Waals surface area contributed by atoms with Gasteiger partial charge in [0.2, 0.25) is 0 Å². The Hall–Kier alpha value is -0.450. The van der Waals surface area contributed by atoms with Gasteiger partial charge in [0.25, 0.3) is 0 Å². The molecule has 2 heterocycles. The van der Waals surface area contributed by atoms with Crippen LogP contribution in [0.25, 0.3) is 0 Å². The molecule has 1 saturated heterocycles. The summed E-state index contributed by atoms with van der Waals surface area (Å²) in [5.41, 5.74) is 0.755. The van der Waals surface area contributed by atoms with Crippen molar-refractivity contribution >= 4 is 11.3 Å². The van der Waals surface area contributed by atoms with Gasteiger partial charge in [0.15, 0.2) is 0 Å². The summed E-state index contributed by atoms with van der Waals surface area (Å²) in [6, 6.07) is 0. The van der Waals surface area contributed by atoms with Crippen LogP contribution in [0.3, 0.4) is 0 Å². The highest BCUT2D eigenvalue weighted by Crippen LogP contribution is 2.47. The molecule has 0 amide bonds. The molecule has 1 unspecified atom stereocenters. The van der Waals surface area contributed by atoms with Crippen LogP contribution in [0.15, 0.2) is 11.6 Å². The van der Waals surface area contributed by atoms with Crippen LogP contribution >= 0.6 is 11.3 Å². The molecule has 2 aliphatic carbocycles. The second kappa shape index (κ2) is 4.79. The van der Waals surface area contributed by atoms with Gasteiger partial charge in [-0.05, 0) is 38.5 Å². The van der Waals surface area contributed by atoms with Crippen molar-refractivity contribution in [2.75, 3.05) is 13.1 Å². The average Bonchev–Trinajstić information content (AvgIpc) is 3.01. The van der Waals surface area contributed by atoms with Crippen LogP contribution in [0.2, 0.25) is 0 Å². The lowest BCUT2D eigenvalue weighted by Gasteiger charge is -2.52. The van der Waals surface area contributed by atoms with Crippen molar-refractivity contribution in [3.8, 4) is 0 Å². The third-order valence-electron chi connectivity index (χ3n) is 5.86. The molecule has 0 aromatic carbocycles. The van der Waals surface area contributed by atoms with E-state index in [2.05, 4.69) is 27.5 Å². The van der Waals surface area contributed by atoms with Crippen LogP contribution in [0, 0.1) is 5.92 Å². The van der Waals surface area contributed by atoms with Gasteiger partial charge in [0.1, 0.15) is 5.01 Å². The Balaban J connectivity index is 1.58. The van der Waals surface area contributed by atoms with Gasteiger partial charge in [-0.25, -0.2) is 4.98 Å². The van der Waals surface area contributed by atoms with Crippen LogP contribution in [-0.4, -0.2) is 34.1 Å². The first kappa shape index (κ1) is 13.2. The van der Waals surface area contributed by atoms with Crippen LogP contribution in [0.5, 0.6) is 0 Å². The summed E-state index contributed by atoms with van der Waals surface area (Å²) in [4.78, 5) is 7.30. The fourth-order valence-corrected chi connectivity index (χ4v) is 4.94. The quantitative estimate of drug-likeness (QED) is 0.928. The summed E-state index contributed by atoms with van der Waals surface area (Å²) in [5.74, 6) is 0.897.